The number of nitrogens with one attached hydrogen (secondary N) is 1. The van der Waals surface area contributed by atoms with Crippen molar-refractivity contribution in [3.05, 3.63) is 0 Å². The van der Waals surface area contributed by atoms with Gasteiger partial charge in [-0.1, -0.05) is 0 Å². The lowest BCUT2D eigenvalue weighted by molar-refractivity contribution is -0.143. The van der Waals surface area contributed by atoms with E-state index in [-0.39, 0.29) is 6.42 Å². The van der Waals surface area contributed by atoms with Crippen LogP contribution in [-0.2, 0) is 14.3 Å². The van der Waals surface area contributed by atoms with Gasteiger partial charge in [-0.2, -0.15) is 5.26 Å². The van der Waals surface area contributed by atoms with Gasteiger partial charge in [0.2, 0.25) is 0 Å². The predicted octanol–water partition coefficient (Wildman–Crippen LogP) is 0.966. The molecular weight excluding hydrogens is 212 g/mol. The van der Waals surface area contributed by atoms with Gasteiger partial charge in [0.05, 0.1) is 19.6 Å². The number of nitriles is 1. The van der Waals surface area contributed by atoms with Crippen LogP contribution in [0, 0.1) is 11.3 Å². The number of amides is 1. The summed E-state index contributed by atoms with van der Waals surface area (Å²) in [6.45, 7) is 5.10. The molecule has 6 nitrogen and oxygen atoms in total. The fraction of sp³-hybridized carbons (Fsp3) is 0.700. The second-order valence-electron chi connectivity index (χ2n) is 4.08. The zero-order valence-electron chi connectivity index (χ0n) is 9.86. The molecule has 16 heavy (non-hydrogen) atoms. The number of carbonyl (C=O) groups excluding carboxylic acids is 2. The lowest BCUT2D eigenvalue weighted by atomic mass is 10.2. The van der Waals surface area contributed by atoms with Crippen LogP contribution in [0.15, 0.2) is 0 Å². The quantitative estimate of drug-likeness (QED) is 0.727. The van der Waals surface area contributed by atoms with Gasteiger partial charge in [-0.05, 0) is 20.8 Å². The lowest BCUT2D eigenvalue weighted by Crippen LogP contribution is -2.43. The van der Waals surface area contributed by atoms with Crippen molar-refractivity contribution in [2.24, 2.45) is 0 Å². The van der Waals surface area contributed by atoms with E-state index in [4.69, 9.17) is 10.00 Å². The van der Waals surface area contributed by atoms with Gasteiger partial charge >= 0.3 is 12.1 Å². The van der Waals surface area contributed by atoms with Gasteiger partial charge in [-0.3, -0.25) is 0 Å². The first-order chi connectivity index (χ1) is 7.30. The molecule has 0 bridgehead atoms. The second kappa shape index (κ2) is 5.95. The van der Waals surface area contributed by atoms with Crippen LogP contribution in [0.3, 0.4) is 0 Å². The number of methoxy groups -OCH3 is 1. The first kappa shape index (κ1) is 14.2. The molecule has 0 radical (unpaired) electrons. The normalized spacial score (nSPS) is 12.2. The second-order valence-corrected chi connectivity index (χ2v) is 4.08. The molecule has 6 heteroatoms. The SMILES string of the molecule is COC(=O)[C@@H](CC#N)NC(=O)OC(C)(C)C. The number of rotatable bonds is 3. The van der Waals surface area contributed by atoms with Crippen LogP contribution < -0.4 is 5.32 Å². The molecule has 0 aromatic carbocycles. The van der Waals surface area contributed by atoms with Gasteiger partial charge in [-0.15, -0.1) is 0 Å². The summed E-state index contributed by atoms with van der Waals surface area (Å²) >= 11 is 0. The van der Waals surface area contributed by atoms with E-state index in [1.165, 1.54) is 7.11 Å². The largest absolute Gasteiger partial charge is 0.467 e. The summed E-state index contributed by atoms with van der Waals surface area (Å²) in [5.74, 6) is -0.674. The Morgan fingerprint density at radius 1 is 1.44 bits per heavy atom. The highest BCUT2D eigenvalue weighted by Gasteiger charge is 2.24. The minimum atomic E-state index is -0.996. The average molecular weight is 228 g/mol. The highest BCUT2D eigenvalue weighted by Crippen LogP contribution is 2.07. The molecule has 0 aliphatic heterocycles. The molecule has 0 fully saturated rings. The molecule has 1 N–H and O–H groups in total. The minimum Gasteiger partial charge on any atom is -0.467 e. The third-order valence-corrected chi connectivity index (χ3v) is 1.47. The maximum Gasteiger partial charge on any atom is 0.408 e. The molecule has 1 atom stereocenters. The number of esters is 1. The van der Waals surface area contributed by atoms with Crippen molar-refractivity contribution in [2.75, 3.05) is 7.11 Å². The van der Waals surface area contributed by atoms with E-state index in [2.05, 4.69) is 10.1 Å². The monoisotopic (exact) mass is 228 g/mol. The number of alkyl carbamates (subject to hydrolysis) is 1. The van der Waals surface area contributed by atoms with Crippen LogP contribution in [0.2, 0.25) is 0 Å². The Hall–Kier alpha value is -1.77. The summed E-state index contributed by atoms with van der Waals surface area (Å²) in [5, 5.41) is 10.7. The number of ether oxygens (including phenoxy) is 2. The summed E-state index contributed by atoms with van der Waals surface area (Å²) in [6.07, 6.45) is -0.913. The zero-order chi connectivity index (χ0) is 12.8. The fourth-order valence-electron chi connectivity index (χ4n) is 0.877. The average Bonchev–Trinajstić information content (AvgIpc) is 2.13. The molecule has 0 aromatic rings. The van der Waals surface area contributed by atoms with Crippen LogP contribution in [0.5, 0.6) is 0 Å². The van der Waals surface area contributed by atoms with Crippen LogP contribution >= 0.6 is 0 Å². The summed E-state index contributed by atoms with van der Waals surface area (Å²) in [5.41, 5.74) is -0.655. The number of carbonyl (C=O) groups is 2. The fourth-order valence-corrected chi connectivity index (χ4v) is 0.877. The molecule has 0 aromatic heterocycles. The van der Waals surface area contributed by atoms with E-state index in [1.54, 1.807) is 26.8 Å². The standard InChI is InChI=1S/C10H16N2O4/c1-10(2,3)16-9(14)12-7(5-6-11)8(13)15-4/h7H,5H2,1-4H3,(H,12,14)/t7-/m1/s1. The number of hydrogen-bond donors (Lipinski definition) is 1. The molecule has 1 amide bonds. The highest BCUT2D eigenvalue weighted by atomic mass is 16.6. The Morgan fingerprint density at radius 3 is 2.38 bits per heavy atom. The Morgan fingerprint density at radius 2 is 2.00 bits per heavy atom. The molecule has 0 saturated heterocycles. The Balaban J connectivity index is 4.36. The van der Waals surface area contributed by atoms with Crippen molar-refractivity contribution in [1.29, 1.82) is 5.26 Å². The molecule has 0 aliphatic rings. The smallest absolute Gasteiger partial charge is 0.408 e. The molecule has 0 saturated carbocycles. The van der Waals surface area contributed by atoms with E-state index >= 15 is 0 Å². The van der Waals surface area contributed by atoms with Gasteiger partial charge in [-0.25, -0.2) is 9.59 Å². The van der Waals surface area contributed by atoms with Gasteiger partial charge in [0.1, 0.15) is 11.6 Å². The minimum absolute atomic E-state index is 0.161. The third kappa shape index (κ3) is 5.86. The van der Waals surface area contributed by atoms with Crippen LogP contribution in [0.4, 0.5) is 4.79 Å². The van der Waals surface area contributed by atoms with Crippen LogP contribution in [0.1, 0.15) is 27.2 Å². The molecule has 90 valence electrons. The Kier molecular flexibility index (Phi) is 5.30. The summed E-state index contributed by atoms with van der Waals surface area (Å²) in [7, 11) is 1.18. The first-order valence-corrected chi connectivity index (χ1v) is 4.74. The van der Waals surface area contributed by atoms with E-state index in [0.29, 0.717) is 0 Å². The van der Waals surface area contributed by atoms with Gasteiger partial charge in [0.15, 0.2) is 0 Å². The van der Waals surface area contributed by atoms with Crippen molar-refractivity contribution < 1.29 is 19.1 Å². The first-order valence-electron chi connectivity index (χ1n) is 4.74. The van der Waals surface area contributed by atoms with Gasteiger partial charge < -0.3 is 14.8 Å². The Bertz CT molecular complexity index is 301. The summed E-state index contributed by atoms with van der Waals surface area (Å²) in [6, 6.07) is 0.785. The van der Waals surface area contributed by atoms with Crippen LogP contribution in [-0.4, -0.2) is 30.8 Å². The predicted molar refractivity (Wildman–Crippen MR) is 55.4 cm³/mol. The summed E-state index contributed by atoms with van der Waals surface area (Å²) in [4.78, 5) is 22.5. The van der Waals surface area contributed by atoms with E-state index in [1.807, 2.05) is 0 Å². The molecule has 0 heterocycles. The molecule has 0 spiro atoms. The van der Waals surface area contributed by atoms with Gasteiger partial charge in [0, 0.05) is 0 Å². The summed E-state index contributed by atoms with van der Waals surface area (Å²) < 4.78 is 9.38. The van der Waals surface area contributed by atoms with Crippen LogP contribution in [0.25, 0.3) is 0 Å². The molecule has 0 rings (SSSR count). The third-order valence-electron chi connectivity index (χ3n) is 1.47. The molecule has 0 aliphatic carbocycles. The highest BCUT2D eigenvalue weighted by molar-refractivity contribution is 5.81. The molecule has 0 unspecified atom stereocenters. The van der Waals surface area contributed by atoms with Gasteiger partial charge in [0.25, 0.3) is 0 Å². The molecular formula is C10H16N2O4. The maximum atomic E-state index is 11.3. The lowest BCUT2D eigenvalue weighted by Gasteiger charge is -2.21. The zero-order valence-corrected chi connectivity index (χ0v) is 9.86. The van der Waals surface area contributed by atoms with E-state index in [9.17, 15) is 9.59 Å². The van der Waals surface area contributed by atoms with E-state index in [0.717, 1.165) is 0 Å². The van der Waals surface area contributed by atoms with Crippen molar-refractivity contribution in [3.8, 4) is 6.07 Å². The number of nitrogens with zero attached hydrogens (tertiary/aromatic N) is 1. The van der Waals surface area contributed by atoms with Crippen molar-refractivity contribution in [3.63, 3.8) is 0 Å². The van der Waals surface area contributed by atoms with Crippen molar-refractivity contribution in [1.82, 2.24) is 5.32 Å². The number of hydrogen-bond acceptors (Lipinski definition) is 5. The maximum absolute atomic E-state index is 11.3. The van der Waals surface area contributed by atoms with E-state index < -0.39 is 23.7 Å². The topological polar surface area (TPSA) is 88.4 Å². The van der Waals surface area contributed by atoms with Crippen molar-refractivity contribution in [2.45, 2.75) is 38.8 Å². The van der Waals surface area contributed by atoms with Crippen molar-refractivity contribution >= 4 is 12.1 Å². The Labute approximate surface area is 94.5 Å².